The highest BCUT2D eigenvalue weighted by Gasteiger charge is 2.27. The molecule has 0 saturated heterocycles. The number of nitrogens with one attached hydrogen (secondary N) is 1. The fourth-order valence-corrected chi connectivity index (χ4v) is 2.91. The third-order valence-electron chi connectivity index (χ3n) is 4.93. The van der Waals surface area contributed by atoms with Gasteiger partial charge in [-0.2, -0.15) is 5.10 Å². The van der Waals surface area contributed by atoms with Gasteiger partial charge in [0.05, 0.1) is 21.6 Å². The maximum atomic E-state index is 11.2. The van der Waals surface area contributed by atoms with Gasteiger partial charge in [-0.05, 0) is 43.7 Å². The summed E-state index contributed by atoms with van der Waals surface area (Å²) in [6.07, 6.45) is 8.73. The zero-order valence-corrected chi connectivity index (χ0v) is 15.9. The van der Waals surface area contributed by atoms with E-state index in [1.54, 1.807) is 0 Å². The van der Waals surface area contributed by atoms with Crippen LogP contribution in [0.5, 0.6) is 0 Å². The zero-order valence-electron chi connectivity index (χ0n) is 15.9. The first kappa shape index (κ1) is 20.3. The molecule has 1 aliphatic rings. The molecule has 8 nitrogen and oxygen atoms in total. The van der Waals surface area contributed by atoms with Gasteiger partial charge in [-0.25, -0.2) is 0 Å². The number of allylic oxidation sites excluding steroid dienone is 4. The van der Waals surface area contributed by atoms with Crippen molar-refractivity contribution in [2.45, 2.75) is 40.5 Å². The van der Waals surface area contributed by atoms with Crippen LogP contribution < -0.4 is 5.43 Å². The second-order valence-corrected chi connectivity index (χ2v) is 7.36. The van der Waals surface area contributed by atoms with Gasteiger partial charge in [-0.15, -0.1) is 0 Å². The van der Waals surface area contributed by atoms with E-state index in [0.29, 0.717) is 11.6 Å². The Balaban J connectivity index is 2.23. The van der Waals surface area contributed by atoms with Crippen molar-refractivity contribution in [2.24, 2.45) is 16.4 Å². The summed E-state index contributed by atoms with van der Waals surface area (Å²) in [6.45, 7) is 8.23. The second kappa shape index (κ2) is 8.11. The summed E-state index contributed by atoms with van der Waals surface area (Å²) in [5.41, 5.74) is 3.87. The van der Waals surface area contributed by atoms with Gasteiger partial charge in [0, 0.05) is 12.0 Å². The molecule has 1 aromatic carbocycles. The molecule has 0 radical (unpaired) electrons. The average Bonchev–Trinajstić information content (AvgIpc) is 2.60. The molecule has 144 valence electrons. The van der Waals surface area contributed by atoms with E-state index in [-0.39, 0.29) is 16.8 Å². The molecule has 1 unspecified atom stereocenters. The van der Waals surface area contributed by atoms with Gasteiger partial charge in [0.2, 0.25) is 0 Å². The zero-order chi connectivity index (χ0) is 20.2. The van der Waals surface area contributed by atoms with Gasteiger partial charge in [0.25, 0.3) is 5.69 Å². The van der Waals surface area contributed by atoms with Crippen molar-refractivity contribution in [3.63, 3.8) is 0 Å². The van der Waals surface area contributed by atoms with Crippen molar-refractivity contribution in [3.05, 3.63) is 62.2 Å². The van der Waals surface area contributed by atoms with Gasteiger partial charge in [-0.1, -0.05) is 32.1 Å². The average molecular weight is 372 g/mol. The quantitative estimate of drug-likeness (QED) is 0.318. The minimum atomic E-state index is -0.669. The summed E-state index contributed by atoms with van der Waals surface area (Å²) in [7, 11) is 0. The number of nitro groups is 2. The smallest absolute Gasteiger partial charge is 0.271 e. The predicted molar refractivity (Wildman–Crippen MR) is 106 cm³/mol. The topological polar surface area (TPSA) is 111 Å². The number of non-ortho nitro benzene ring substituents is 1. The number of nitro benzene ring substituents is 2. The summed E-state index contributed by atoms with van der Waals surface area (Å²) in [4.78, 5) is 20.7. The SMILES string of the molecule is CC(=CC1C=CCCC1(C)C)C(C)=NNc1ccc([N+](=O)[O-])cc1[N+](=O)[O-]. The number of nitrogens with zero attached hydrogens (tertiary/aromatic N) is 3. The Morgan fingerprint density at radius 1 is 1.26 bits per heavy atom. The monoisotopic (exact) mass is 372 g/mol. The molecular weight excluding hydrogens is 348 g/mol. The number of hydrogen-bond acceptors (Lipinski definition) is 6. The second-order valence-electron chi connectivity index (χ2n) is 7.36. The maximum Gasteiger partial charge on any atom is 0.301 e. The number of hydrazone groups is 1. The number of anilines is 1. The van der Waals surface area contributed by atoms with Crippen LogP contribution in [0.15, 0.2) is 47.1 Å². The molecule has 8 heteroatoms. The van der Waals surface area contributed by atoms with Crippen LogP contribution in [0.3, 0.4) is 0 Å². The lowest BCUT2D eigenvalue weighted by atomic mass is 9.71. The van der Waals surface area contributed by atoms with E-state index < -0.39 is 15.5 Å². The first-order chi connectivity index (χ1) is 12.6. The van der Waals surface area contributed by atoms with E-state index in [4.69, 9.17) is 0 Å². The molecule has 27 heavy (non-hydrogen) atoms. The Labute approximate surface area is 158 Å². The van der Waals surface area contributed by atoms with E-state index in [2.05, 4.69) is 42.6 Å². The Morgan fingerprint density at radius 3 is 2.56 bits per heavy atom. The van der Waals surface area contributed by atoms with Crippen molar-refractivity contribution < 1.29 is 9.85 Å². The third kappa shape index (κ3) is 4.99. The van der Waals surface area contributed by atoms with E-state index in [1.807, 2.05) is 13.8 Å². The van der Waals surface area contributed by atoms with Crippen LogP contribution in [0.4, 0.5) is 17.1 Å². The van der Waals surface area contributed by atoms with Gasteiger partial charge < -0.3 is 0 Å². The van der Waals surface area contributed by atoms with Gasteiger partial charge in [0.15, 0.2) is 0 Å². The van der Waals surface area contributed by atoms with Crippen molar-refractivity contribution >= 4 is 22.8 Å². The van der Waals surface area contributed by atoms with E-state index in [1.165, 1.54) is 12.1 Å². The van der Waals surface area contributed by atoms with Crippen LogP contribution in [0.2, 0.25) is 0 Å². The van der Waals surface area contributed by atoms with Crippen LogP contribution >= 0.6 is 0 Å². The molecule has 0 bridgehead atoms. The van der Waals surface area contributed by atoms with Crippen LogP contribution in [0.1, 0.15) is 40.5 Å². The van der Waals surface area contributed by atoms with Gasteiger partial charge in [0.1, 0.15) is 5.69 Å². The molecule has 1 aromatic rings. The molecule has 2 rings (SSSR count). The van der Waals surface area contributed by atoms with Crippen LogP contribution in [-0.4, -0.2) is 15.6 Å². The standard InChI is InChI=1S/C19H24N4O4/c1-13(11-15-7-5-6-10-19(15,3)4)14(2)20-21-17-9-8-16(22(24)25)12-18(17)23(26)27/h5,7-9,11-12,15,21H,6,10H2,1-4H3. The lowest BCUT2D eigenvalue weighted by Gasteiger charge is -2.33. The summed E-state index contributed by atoms with van der Waals surface area (Å²) in [5, 5.41) is 26.2. The molecule has 1 atom stereocenters. The normalized spacial score (nSPS) is 19.6. The van der Waals surface area contributed by atoms with E-state index >= 15 is 0 Å². The lowest BCUT2D eigenvalue weighted by molar-refractivity contribution is -0.393. The Morgan fingerprint density at radius 2 is 1.96 bits per heavy atom. The predicted octanol–water partition coefficient (Wildman–Crippen LogP) is 5.23. The summed E-state index contributed by atoms with van der Waals surface area (Å²) in [6, 6.07) is 3.42. The van der Waals surface area contributed by atoms with Crippen molar-refractivity contribution in [1.82, 2.24) is 0 Å². The summed E-state index contributed by atoms with van der Waals surface area (Å²) >= 11 is 0. The molecule has 0 aromatic heterocycles. The first-order valence-electron chi connectivity index (χ1n) is 8.70. The van der Waals surface area contributed by atoms with E-state index in [9.17, 15) is 20.2 Å². The molecule has 0 amide bonds. The minimum absolute atomic E-state index is 0.107. The number of rotatable bonds is 6. The third-order valence-corrected chi connectivity index (χ3v) is 4.93. The Bertz CT molecular complexity index is 840. The molecule has 1 N–H and O–H groups in total. The fraction of sp³-hybridized carbons (Fsp3) is 0.421. The van der Waals surface area contributed by atoms with Gasteiger partial charge in [-0.3, -0.25) is 25.7 Å². The molecule has 1 aliphatic carbocycles. The van der Waals surface area contributed by atoms with Crippen LogP contribution in [-0.2, 0) is 0 Å². The highest BCUT2D eigenvalue weighted by Crippen LogP contribution is 2.38. The maximum absolute atomic E-state index is 11.2. The van der Waals surface area contributed by atoms with Crippen molar-refractivity contribution in [3.8, 4) is 0 Å². The van der Waals surface area contributed by atoms with E-state index in [0.717, 1.165) is 24.5 Å². The van der Waals surface area contributed by atoms with Gasteiger partial charge >= 0.3 is 5.69 Å². The minimum Gasteiger partial charge on any atom is -0.271 e. The molecule has 0 saturated carbocycles. The number of benzene rings is 1. The fourth-order valence-electron chi connectivity index (χ4n) is 2.91. The molecule has 0 spiro atoms. The van der Waals surface area contributed by atoms with Crippen molar-refractivity contribution in [2.75, 3.05) is 5.43 Å². The van der Waals surface area contributed by atoms with Crippen molar-refractivity contribution in [1.29, 1.82) is 0 Å². The summed E-state index contributed by atoms with van der Waals surface area (Å²) in [5.74, 6) is 0.296. The molecule has 0 fully saturated rings. The molecule has 0 aliphatic heterocycles. The summed E-state index contributed by atoms with van der Waals surface area (Å²) < 4.78 is 0. The van der Waals surface area contributed by atoms with Crippen LogP contribution in [0, 0.1) is 31.6 Å². The Kier molecular flexibility index (Phi) is 6.09. The Hall–Kier alpha value is -3.03. The first-order valence-corrected chi connectivity index (χ1v) is 8.70. The highest BCUT2D eigenvalue weighted by molar-refractivity contribution is 5.98. The molecule has 0 heterocycles. The lowest BCUT2D eigenvalue weighted by Crippen LogP contribution is -2.23. The highest BCUT2D eigenvalue weighted by atomic mass is 16.6. The number of hydrogen-bond donors (Lipinski definition) is 1. The molecular formula is C19H24N4O4. The van der Waals surface area contributed by atoms with Crippen LogP contribution in [0.25, 0.3) is 0 Å². The largest absolute Gasteiger partial charge is 0.301 e.